The van der Waals surface area contributed by atoms with E-state index >= 15 is 0 Å². The fraction of sp³-hybridized carbons (Fsp3) is 0.435. The predicted octanol–water partition coefficient (Wildman–Crippen LogP) is 2.73. The van der Waals surface area contributed by atoms with Crippen LogP contribution in [0.2, 0.25) is 0 Å². The Kier molecular flexibility index (Phi) is 5.68. The average Bonchev–Trinajstić information content (AvgIpc) is 3.12. The van der Waals surface area contributed by atoms with E-state index in [1.807, 2.05) is 23.6 Å². The first-order valence-electron chi connectivity index (χ1n) is 10.6. The summed E-state index contributed by atoms with van der Waals surface area (Å²) in [5, 5.41) is 27.0. The lowest BCUT2D eigenvalue weighted by Gasteiger charge is -2.32. The van der Waals surface area contributed by atoms with Crippen molar-refractivity contribution in [1.82, 2.24) is 14.6 Å². The van der Waals surface area contributed by atoms with E-state index in [0.29, 0.717) is 22.9 Å². The number of nitrogens with one attached hydrogen (secondary N) is 1. The van der Waals surface area contributed by atoms with Crippen LogP contribution in [0.4, 0.5) is 11.6 Å². The van der Waals surface area contributed by atoms with Crippen molar-refractivity contribution in [3.05, 3.63) is 53.2 Å². The molecule has 1 amide bonds. The summed E-state index contributed by atoms with van der Waals surface area (Å²) in [4.78, 5) is 19.6. The van der Waals surface area contributed by atoms with E-state index in [-0.39, 0.29) is 12.5 Å². The highest BCUT2D eigenvalue weighted by molar-refractivity contribution is 6.04. The van der Waals surface area contributed by atoms with Crippen molar-refractivity contribution in [1.29, 1.82) is 0 Å². The summed E-state index contributed by atoms with van der Waals surface area (Å²) >= 11 is 0. The van der Waals surface area contributed by atoms with E-state index in [4.69, 9.17) is 0 Å². The zero-order valence-electron chi connectivity index (χ0n) is 18.2. The normalized spacial score (nSPS) is 15.5. The molecule has 1 saturated heterocycles. The molecule has 0 bridgehead atoms. The van der Waals surface area contributed by atoms with Crippen molar-refractivity contribution in [2.75, 3.05) is 29.9 Å². The van der Waals surface area contributed by atoms with Gasteiger partial charge in [0.2, 0.25) is 0 Å². The van der Waals surface area contributed by atoms with Gasteiger partial charge in [-0.05, 0) is 57.2 Å². The van der Waals surface area contributed by atoms with E-state index in [9.17, 15) is 15.0 Å². The topological polar surface area (TPSA) is 103 Å². The molecule has 1 aromatic carbocycles. The van der Waals surface area contributed by atoms with E-state index in [2.05, 4.69) is 20.3 Å². The summed E-state index contributed by atoms with van der Waals surface area (Å²) in [5.74, 6) is 1.41. The summed E-state index contributed by atoms with van der Waals surface area (Å²) in [6.45, 7) is 7.18. The van der Waals surface area contributed by atoms with Gasteiger partial charge in [0.1, 0.15) is 11.6 Å². The van der Waals surface area contributed by atoms with Crippen LogP contribution in [-0.2, 0) is 5.60 Å². The molecule has 0 aliphatic carbocycles. The standard InChI is InChI=1S/C23H29N5O3/c1-15-12-20-24-19(25-22(30)17-4-6-18(7-5-17)23(2,3)31)13-21(28(20)26-15)27-10-8-16(14-29)9-11-27/h4-7,12-13,16,29,31H,8-11,14H2,1-3H3,(H,24,25,30). The minimum Gasteiger partial charge on any atom is -0.396 e. The number of piperidine rings is 1. The van der Waals surface area contributed by atoms with Crippen molar-refractivity contribution in [3.63, 3.8) is 0 Å². The number of aryl methyl sites for hydroxylation is 1. The molecular weight excluding hydrogens is 394 g/mol. The Hall–Kier alpha value is -2.97. The molecular formula is C23H29N5O3. The quantitative estimate of drug-likeness (QED) is 0.583. The van der Waals surface area contributed by atoms with Gasteiger partial charge >= 0.3 is 0 Å². The van der Waals surface area contributed by atoms with Crippen LogP contribution in [0.5, 0.6) is 0 Å². The van der Waals surface area contributed by atoms with Gasteiger partial charge in [0.25, 0.3) is 5.91 Å². The summed E-state index contributed by atoms with van der Waals surface area (Å²) in [5.41, 5.74) is 1.80. The van der Waals surface area contributed by atoms with Gasteiger partial charge < -0.3 is 20.4 Å². The number of aromatic nitrogens is 3. The number of benzene rings is 1. The van der Waals surface area contributed by atoms with E-state index in [1.54, 1.807) is 38.1 Å². The van der Waals surface area contributed by atoms with Crippen LogP contribution in [0, 0.1) is 12.8 Å². The molecule has 0 radical (unpaired) electrons. The summed E-state index contributed by atoms with van der Waals surface area (Å²) in [7, 11) is 0. The first-order chi connectivity index (χ1) is 14.7. The second kappa shape index (κ2) is 8.28. The second-order valence-corrected chi connectivity index (χ2v) is 8.76. The van der Waals surface area contributed by atoms with Crippen LogP contribution < -0.4 is 10.2 Å². The molecule has 1 aliphatic heterocycles. The van der Waals surface area contributed by atoms with Crippen LogP contribution in [0.15, 0.2) is 36.4 Å². The van der Waals surface area contributed by atoms with Crippen LogP contribution in [-0.4, -0.2) is 50.4 Å². The third-order valence-corrected chi connectivity index (χ3v) is 5.82. The molecule has 31 heavy (non-hydrogen) atoms. The molecule has 8 nitrogen and oxygen atoms in total. The number of amides is 1. The zero-order chi connectivity index (χ0) is 22.2. The maximum atomic E-state index is 12.8. The highest BCUT2D eigenvalue weighted by Gasteiger charge is 2.22. The van der Waals surface area contributed by atoms with Crippen molar-refractivity contribution >= 4 is 23.2 Å². The SMILES string of the molecule is Cc1cc2nc(NC(=O)c3ccc(C(C)(C)O)cc3)cc(N3CCC(CO)CC3)n2n1. The van der Waals surface area contributed by atoms with E-state index < -0.39 is 5.60 Å². The summed E-state index contributed by atoms with van der Waals surface area (Å²) in [6, 6.07) is 10.6. The molecule has 0 atom stereocenters. The Morgan fingerprint density at radius 1 is 1.19 bits per heavy atom. The molecule has 1 fully saturated rings. The number of carbonyl (C=O) groups is 1. The van der Waals surface area contributed by atoms with Crippen molar-refractivity contribution in [3.8, 4) is 0 Å². The molecule has 2 aromatic heterocycles. The largest absolute Gasteiger partial charge is 0.396 e. The fourth-order valence-electron chi connectivity index (χ4n) is 3.93. The minimum atomic E-state index is -0.958. The molecule has 0 saturated carbocycles. The van der Waals surface area contributed by atoms with Crippen molar-refractivity contribution < 1.29 is 15.0 Å². The maximum absolute atomic E-state index is 12.8. The Morgan fingerprint density at radius 2 is 1.87 bits per heavy atom. The molecule has 0 spiro atoms. The van der Waals surface area contributed by atoms with Crippen molar-refractivity contribution in [2.24, 2.45) is 5.92 Å². The van der Waals surface area contributed by atoms with Gasteiger partial charge in [-0.25, -0.2) is 4.98 Å². The fourth-order valence-corrected chi connectivity index (χ4v) is 3.93. The third-order valence-electron chi connectivity index (χ3n) is 5.82. The number of nitrogens with zero attached hydrogens (tertiary/aromatic N) is 4. The maximum Gasteiger partial charge on any atom is 0.256 e. The lowest BCUT2D eigenvalue weighted by molar-refractivity contribution is 0.0785. The average molecular weight is 424 g/mol. The Balaban J connectivity index is 1.60. The lowest BCUT2D eigenvalue weighted by atomic mass is 9.97. The molecule has 164 valence electrons. The van der Waals surface area contributed by atoms with E-state index in [0.717, 1.165) is 43.0 Å². The highest BCUT2D eigenvalue weighted by atomic mass is 16.3. The molecule has 3 aromatic rings. The number of fused-ring (bicyclic) bond motifs is 1. The van der Waals surface area contributed by atoms with Gasteiger partial charge in [0, 0.05) is 37.4 Å². The number of rotatable bonds is 5. The first-order valence-corrected chi connectivity index (χ1v) is 10.6. The number of aliphatic hydroxyl groups is 2. The molecule has 8 heteroatoms. The Morgan fingerprint density at radius 3 is 2.48 bits per heavy atom. The zero-order valence-corrected chi connectivity index (χ0v) is 18.2. The highest BCUT2D eigenvalue weighted by Crippen LogP contribution is 2.26. The summed E-state index contributed by atoms with van der Waals surface area (Å²) < 4.78 is 1.81. The predicted molar refractivity (Wildman–Crippen MR) is 119 cm³/mol. The van der Waals surface area contributed by atoms with Crippen molar-refractivity contribution in [2.45, 2.75) is 39.2 Å². The van der Waals surface area contributed by atoms with E-state index in [1.165, 1.54) is 0 Å². The van der Waals surface area contributed by atoms with Gasteiger partial charge in [-0.2, -0.15) is 9.61 Å². The monoisotopic (exact) mass is 423 g/mol. The molecule has 1 aliphatic rings. The van der Waals surface area contributed by atoms with Crippen LogP contribution >= 0.6 is 0 Å². The number of anilines is 2. The Labute approximate surface area is 181 Å². The number of aliphatic hydroxyl groups excluding tert-OH is 1. The molecule has 3 N–H and O–H groups in total. The van der Waals surface area contributed by atoms with Crippen LogP contribution in [0.25, 0.3) is 5.65 Å². The Bertz CT molecular complexity index is 1080. The summed E-state index contributed by atoms with van der Waals surface area (Å²) in [6.07, 6.45) is 1.83. The smallest absolute Gasteiger partial charge is 0.256 e. The third kappa shape index (κ3) is 4.55. The van der Waals surface area contributed by atoms with Gasteiger partial charge in [-0.3, -0.25) is 4.79 Å². The second-order valence-electron chi connectivity index (χ2n) is 8.76. The number of hydrogen-bond donors (Lipinski definition) is 3. The van der Waals surface area contributed by atoms with Gasteiger partial charge in [-0.1, -0.05) is 12.1 Å². The van der Waals surface area contributed by atoms with Crippen LogP contribution in [0.3, 0.4) is 0 Å². The van der Waals surface area contributed by atoms with Gasteiger partial charge in [0.05, 0.1) is 11.3 Å². The van der Waals surface area contributed by atoms with Gasteiger partial charge in [-0.15, -0.1) is 0 Å². The molecule has 0 unspecified atom stereocenters. The van der Waals surface area contributed by atoms with Crippen LogP contribution in [0.1, 0.15) is 48.3 Å². The first kappa shape index (κ1) is 21.3. The number of hydrogen-bond acceptors (Lipinski definition) is 6. The molecule has 4 rings (SSSR count). The lowest BCUT2D eigenvalue weighted by Crippen LogP contribution is -2.36. The minimum absolute atomic E-state index is 0.216. The number of carbonyl (C=O) groups excluding carboxylic acids is 1. The molecule has 3 heterocycles. The van der Waals surface area contributed by atoms with Gasteiger partial charge in [0.15, 0.2) is 5.65 Å².